The molecule has 0 aromatic rings. The highest BCUT2D eigenvalue weighted by molar-refractivity contribution is 7.85. The van der Waals surface area contributed by atoms with E-state index in [9.17, 15) is 21.6 Å². The van der Waals surface area contributed by atoms with Crippen LogP contribution >= 0.6 is 0 Å². The van der Waals surface area contributed by atoms with Crippen LogP contribution < -0.4 is 5.32 Å². The van der Waals surface area contributed by atoms with Crippen LogP contribution in [0.5, 0.6) is 0 Å². The number of alkyl halides is 3. The summed E-state index contributed by atoms with van der Waals surface area (Å²) in [7, 11) is -0.718. The lowest BCUT2D eigenvalue weighted by Crippen LogP contribution is -2.26. The zero-order valence-electron chi connectivity index (χ0n) is 12.1. The number of hydrogen-bond donors (Lipinski definition) is 2. The molecule has 2 N–H and O–H groups in total. The molecule has 0 amide bonds. The van der Waals surface area contributed by atoms with Crippen molar-refractivity contribution in [2.45, 2.75) is 50.9 Å². The van der Waals surface area contributed by atoms with Crippen molar-refractivity contribution < 1.29 is 26.1 Å². The van der Waals surface area contributed by atoms with Crippen molar-refractivity contribution in [2.75, 3.05) is 26.5 Å². The summed E-state index contributed by atoms with van der Waals surface area (Å²) in [5.41, 5.74) is 0. The molecule has 0 rings (SSSR count). The highest BCUT2D eigenvalue weighted by Crippen LogP contribution is 2.15. The van der Waals surface area contributed by atoms with E-state index in [1.807, 2.05) is 14.1 Å². The molecule has 0 fully saturated rings. The Hall–Kier alpha value is -0.340. The summed E-state index contributed by atoms with van der Waals surface area (Å²) in [6.45, 7) is -0.368. The summed E-state index contributed by atoms with van der Waals surface area (Å²) in [6, 6.07) is 0. The van der Waals surface area contributed by atoms with Gasteiger partial charge in [0.15, 0.2) is 0 Å². The molecule has 2 atom stereocenters. The number of unbranched alkanes of at least 4 members (excludes halogenated alkanes) is 4. The molecule has 0 radical (unpaired) electrons. The van der Waals surface area contributed by atoms with Crippen molar-refractivity contribution in [3.05, 3.63) is 0 Å². The van der Waals surface area contributed by atoms with E-state index in [-0.39, 0.29) is 13.1 Å². The van der Waals surface area contributed by atoms with Crippen LogP contribution in [0.4, 0.5) is 13.2 Å². The fourth-order valence-corrected chi connectivity index (χ4v) is 2.06. The van der Waals surface area contributed by atoms with Crippen molar-refractivity contribution in [1.29, 1.82) is 0 Å². The monoisotopic (exact) mass is 321 g/mol. The van der Waals surface area contributed by atoms with Crippen LogP contribution in [0.2, 0.25) is 0 Å². The summed E-state index contributed by atoms with van der Waals surface area (Å²) in [5.74, 6) is -1.20. The van der Waals surface area contributed by atoms with Crippen LogP contribution in [-0.2, 0) is 10.1 Å². The van der Waals surface area contributed by atoms with E-state index in [4.69, 9.17) is 4.55 Å². The van der Waals surface area contributed by atoms with E-state index in [0.29, 0.717) is 19.3 Å². The minimum Gasteiger partial charge on any atom is -0.323 e. The third-order valence-electron chi connectivity index (χ3n) is 2.38. The molecule has 124 valence electrons. The minimum atomic E-state index is -4.47. The van der Waals surface area contributed by atoms with Crippen molar-refractivity contribution in [1.82, 2.24) is 5.32 Å². The molecule has 0 aliphatic rings. The summed E-state index contributed by atoms with van der Waals surface area (Å²) in [4.78, 5) is 0. The minimum absolute atomic E-state index is 0.0771. The van der Waals surface area contributed by atoms with Gasteiger partial charge in [-0.2, -0.15) is 8.42 Å². The Balaban J connectivity index is 0. The molecule has 0 spiro atoms. The van der Waals surface area contributed by atoms with Crippen molar-refractivity contribution >= 4 is 10.1 Å². The summed E-state index contributed by atoms with van der Waals surface area (Å²) in [6.07, 6.45) is -1.09. The van der Waals surface area contributed by atoms with Gasteiger partial charge >= 0.3 is 0 Å². The van der Waals surface area contributed by atoms with E-state index >= 15 is 0 Å². The Morgan fingerprint density at radius 1 is 1.00 bits per heavy atom. The Kier molecular flexibility index (Phi) is 15.0. The van der Waals surface area contributed by atoms with Crippen LogP contribution in [-0.4, -0.2) is 51.8 Å². The molecule has 2 unspecified atom stereocenters. The van der Waals surface area contributed by atoms with E-state index in [0.717, 1.165) is 12.8 Å². The van der Waals surface area contributed by atoms with E-state index < -0.39 is 28.2 Å². The lowest BCUT2D eigenvalue weighted by atomic mass is 10.1. The van der Waals surface area contributed by atoms with E-state index in [2.05, 4.69) is 5.32 Å². The first-order chi connectivity index (χ1) is 9.28. The molecular weight excluding hydrogens is 295 g/mol. The zero-order valence-corrected chi connectivity index (χ0v) is 12.9. The second-order valence-corrected chi connectivity index (χ2v) is 6.02. The second-order valence-electron chi connectivity index (χ2n) is 4.53. The van der Waals surface area contributed by atoms with E-state index in [1.165, 1.54) is 0 Å². The fraction of sp³-hybridized carbons (Fsp3) is 1.00. The highest BCUT2D eigenvalue weighted by Gasteiger charge is 2.25. The van der Waals surface area contributed by atoms with Gasteiger partial charge < -0.3 is 5.32 Å². The molecule has 0 bridgehead atoms. The van der Waals surface area contributed by atoms with Gasteiger partial charge in [-0.15, -0.1) is 0 Å². The normalized spacial score (nSPS) is 14.3. The molecule has 20 heavy (non-hydrogen) atoms. The van der Waals surface area contributed by atoms with Crippen LogP contribution in [0.3, 0.4) is 0 Å². The standard InChI is InChI=1S/C10H19F3O3S.C2H7N/c11-7-5-3-1-2-4-6-9(12)10(13)8-17(14,15)16;1-3-2/h9-10H,1-8H2,(H,14,15,16);3H,1-2H3. The van der Waals surface area contributed by atoms with Crippen LogP contribution in [0.25, 0.3) is 0 Å². The Bertz CT molecular complexity index is 302. The van der Waals surface area contributed by atoms with Crippen molar-refractivity contribution in [3.8, 4) is 0 Å². The quantitative estimate of drug-likeness (QED) is 0.479. The van der Waals surface area contributed by atoms with Crippen molar-refractivity contribution in [2.24, 2.45) is 0 Å². The smallest absolute Gasteiger partial charge is 0.267 e. The Morgan fingerprint density at radius 2 is 1.45 bits per heavy atom. The third-order valence-corrected chi connectivity index (χ3v) is 3.12. The SMILES string of the molecule is CNC.O=S(=O)(O)CC(F)C(F)CCCCCCCF. The third kappa shape index (κ3) is 17.7. The molecule has 0 saturated heterocycles. The molecule has 0 aromatic carbocycles. The maximum absolute atomic E-state index is 13.1. The van der Waals surface area contributed by atoms with Gasteiger partial charge in [0.25, 0.3) is 10.1 Å². The molecule has 0 aliphatic heterocycles. The predicted octanol–water partition coefficient (Wildman–Crippen LogP) is 2.70. The van der Waals surface area contributed by atoms with Gasteiger partial charge in [0, 0.05) is 0 Å². The van der Waals surface area contributed by atoms with Crippen LogP contribution in [0.15, 0.2) is 0 Å². The Labute approximate surface area is 119 Å². The molecule has 0 aliphatic carbocycles. The first-order valence-corrected chi connectivity index (χ1v) is 8.27. The second kappa shape index (κ2) is 13.6. The van der Waals surface area contributed by atoms with Crippen LogP contribution in [0, 0.1) is 0 Å². The van der Waals surface area contributed by atoms with Crippen molar-refractivity contribution in [3.63, 3.8) is 0 Å². The number of hydrogen-bond acceptors (Lipinski definition) is 3. The maximum atomic E-state index is 13.1. The lowest BCUT2D eigenvalue weighted by molar-refractivity contribution is 0.169. The topological polar surface area (TPSA) is 66.4 Å². The Morgan fingerprint density at radius 3 is 1.90 bits per heavy atom. The average molecular weight is 321 g/mol. The molecule has 0 saturated carbocycles. The maximum Gasteiger partial charge on any atom is 0.267 e. The zero-order chi connectivity index (χ0) is 16.0. The molecule has 4 nitrogen and oxygen atoms in total. The van der Waals surface area contributed by atoms with E-state index in [1.54, 1.807) is 0 Å². The molecule has 8 heteroatoms. The number of halogens is 3. The van der Waals surface area contributed by atoms with Gasteiger partial charge in [-0.3, -0.25) is 8.94 Å². The molecular formula is C12H26F3NO3S. The summed E-state index contributed by atoms with van der Waals surface area (Å²) in [5, 5.41) is 2.75. The summed E-state index contributed by atoms with van der Waals surface area (Å²) >= 11 is 0. The summed E-state index contributed by atoms with van der Waals surface area (Å²) < 4.78 is 66.7. The largest absolute Gasteiger partial charge is 0.323 e. The lowest BCUT2D eigenvalue weighted by Gasteiger charge is -2.11. The van der Waals surface area contributed by atoms with Gasteiger partial charge in [0.2, 0.25) is 0 Å². The van der Waals surface area contributed by atoms with Gasteiger partial charge in [-0.05, 0) is 26.9 Å². The molecule has 0 heterocycles. The number of rotatable bonds is 10. The number of nitrogens with one attached hydrogen (secondary N) is 1. The van der Waals surface area contributed by atoms with Gasteiger partial charge in [0.05, 0.1) is 6.67 Å². The van der Waals surface area contributed by atoms with Gasteiger partial charge in [-0.25, -0.2) is 8.78 Å². The molecule has 0 aromatic heterocycles. The fourth-order valence-electron chi connectivity index (χ4n) is 1.45. The first-order valence-electron chi connectivity index (χ1n) is 6.66. The first kappa shape index (κ1) is 21.9. The highest BCUT2D eigenvalue weighted by atomic mass is 32.2. The van der Waals surface area contributed by atoms with Crippen LogP contribution in [0.1, 0.15) is 38.5 Å². The van der Waals surface area contributed by atoms with Gasteiger partial charge in [-0.1, -0.05) is 25.7 Å². The predicted molar refractivity (Wildman–Crippen MR) is 74.9 cm³/mol. The average Bonchev–Trinajstić information content (AvgIpc) is 2.32. The van der Waals surface area contributed by atoms with Gasteiger partial charge in [0.1, 0.15) is 18.1 Å².